The summed E-state index contributed by atoms with van der Waals surface area (Å²) in [4.78, 5) is 24.6. The molecule has 6 heteroatoms. The van der Waals surface area contributed by atoms with E-state index in [2.05, 4.69) is 0 Å². The lowest BCUT2D eigenvalue weighted by atomic mass is 9.77. The summed E-state index contributed by atoms with van der Waals surface area (Å²) in [5, 5.41) is 9.99. The van der Waals surface area contributed by atoms with Crippen LogP contribution in [0.3, 0.4) is 0 Å². The van der Waals surface area contributed by atoms with E-state index in [1.165, 1.54) is 12.1 Å². The average molecular weight is 402 g/mol. The number of phenolic OH excluding ortho intramolecular Hbond substituents is 1. The number of rotatable bonds is 3. The van der Waals surface area contributed by atoms with Crippen LogP contribution in [0.5, 0.6) is 23.0 Å². The maximum absolute atomic E-state index is 12.7. The first kappa shape index (κ1) is 18.2. The minimum atomic E-state index is -1.21. The lowest BCUT2D eigenvalue weighted by Crippen LogP contribution is -2.33. The van der Waals surface area contributed by atoms with Gasteiger partial charge in [0.05, 0.1) is 5.56 Å². The smallest absolute Gasteiger partial charge is 0.340 e. The van der Waals surface area contributed by atoms with E-state index in [1.807, 2.05) is 19.1 Å². The molecule has 30 heavy (non-hydrogen) atoms. The van der Waals surface area contributed by atoms with E-state index in [9.17, 15) is 14.7 Å². The number of carbonyl (C=O) groups is 2. The van der Waals surface area contributed by atoms with Crippen molar-refractivity contribution in [1.29, 1.82) is 0 Å². The van der Waals surface area contributed by atoms with Crippen molar-refractivity contribution in [1.82, 2.24) is 0 Å². The number of carbonyl (C=O) groups excluding carboxylic acids is 2. The molecule has 0 fully saturated rings. The molecule has 0 aliphatic carbocycles. The lowest BCUT2D eigenvalue weighted by Gasteiger charge is -2.36. The number of ether oxygens (including phenoxy) is 3. The predicted octanol–water partition coefficient (Wildman–Crippen LogP) is 4.67. The van der Waals surface area contributed by atoms with Crippen molar-refractivity contribution < 1.29 is 28.9 Å². The molecule has 2 aliphatic rings. The number of hydrogen-bond donors (Lipinski definition) is 1. The van der Waals surface area contributed by atoms with Crippen molar-refractivity contribution in [3.05, 3.63) is 82.9 Å². The van der Waals surface area contributed by atoms with Gasteiger partial charge in [-0.3, -0.25) is 4.79 Å². The topological polar surface area (TPSA) is 82.1 Å². The fraction of sp³-hybridized carbons (Fsp3) is 0.167. The molecular formula is C24H18O6. The number of phenols is 1. The Labute approximate surface area is 172 Å². The fourth-order valence-corrected chi connectivity index (χ4v) is 4.10. The molecule has 0 aromatic heterocycles. The van der Waals surface area contributed by atoms with E-state index in [0.717, 1.165) is 0 Å². The van der Waals surface area contributed by atoms with Gasteiger partial charge in [-0.15, -0.1) is 0 Å². The molecule has 0 radical (unpaired) electrons. The molecule has 2 aliphatic heterocycles. The molecule has 2 heterocycles. The monoisotopic (exact) mass is 402 g/mol. The first-order valence-corrected chi connectivity index (χ1v) is 9.72. The SMILES string of the molecule is CCCC(=O)Oc1ccc2c(c1)Oc1cc(O)ccc1C21OC(=O)c2ccccc21. The van der Waals surface area contributed by atoms with Crippen LogP contribution in [0.2, 0.25) is 0 Å². The lowest BCUT2D eigenvalue weighted by molar-refractivity contribution is -0.134. The molecule has 1 spiro atoms. The van der Waals surface area contributed by atoms with Gasteiger partial charge in [-0.1, -0.05) is 25.1 Å². The van der Waals surface area contributed by atoms with Gasteiger partial charge < -0.3 is 19.3 Å². The Morgan fingerprint density at radius 2 is 1.73 bits per heavy atom. The molecule has 0 amide bonds. The Hall–Kier alpha value is -3.80. The molecule has 1 N–H and O–H groups in total. The van der Waals surface area contributed by atoms with Gasteiger partial charge in [0.25, 0.3) is 0 Å². The van der Waals surface area contributed by atoms with Crippen LogP contribution in [0.25, 0.3) is 0 Å². The van der Waals surface area contributed by atoms with E-state index >= 15 is 0 Å². The normalized spacial score (nSPS) is 18.1. The molecule has 0 saturated carbocycles. The summed E-state index contributed by atoms with van der Waals surface area (Å²) in [7, 11) is 0. The van der Waals surface area contributed by atoms with Crippen LogP contribution in [-0.4, -0.2) is 17.0 Å². The van der Waals surface area contributed by atoms with Gasteiger partial charge >= 0.3 is 11.9 Å². The summed E-state index contributed by atoms with van der Waals surface area (Å²) >= 11 is 0. The van der Waals surface area contributed by atoms with Crippen LogP contribution in [0.4, 0.5) is 0 Å². The van der Waals surface area contributed by atoms with Gasteiger partial charge in [-0.25, -0.2) is 4.79 Å². The van der Waals surface area contributed by atoms with Crippen molar-refractivity contribution in [2.24, 2.45) is 0 Å². The minimum absolute atomic E-state index is 0.0236. The second-order valence-electron chi connectivity index (χ2n) is 7.28. The Morgan fingerprint density at radius 1 is 1.00 bits per heavy atom. The van der Waals surface area contributed by atoms with E-state index in [4.69, 9.17) is 14.2 Å². The summed E-state index contributed by atoms with van der Waals surface area (Å²) in [5.41, 5.74) is 1.19. The highest BCUT2D eigenvalue weighted by Gasteiger charge is 2.53. The van der Waals surface area contributed by atoms with E-state index in [1.54, 1.807) is 36.4 Å². The Balaban J connectivity index is 1.72. The third kappa shape index (κ3) is 2.57. The first-order valence-electron chi connectivity index (χ1n) is 9.72. The summed E-state index contributed by atoms with van der Waals surface area (Å²) in [6.07, 6.45) is 0.992. The highest BCUT2D eigenvalue weighted by Crippen LogP contribution is 2.56. The second-order valence-corrected chi connectivity index (χ2v) is 7.28. The van der Waals surface area contributed by atoms with Gasteiger partial charge in [0.15, 0.2) is 5.60 Å². The number of hydrogen-bond acceptors (Lipinski definition) is 6. The van der Waals surface area contributed by atoms with Crippen LogP contribution in [-0.2, 0) is 15.1 Å². The van der Waals surface area contributed by atoms with Crippen molar-refractivity contribution in [2.45, 2.75) is 25.4 Å². The Kier molecular flexibility index (Phi) is 4.03. The van der Waals surface area contributed by atoms with Gasteiger partial charge in [-0.05, 0) is 36.8 Å². The minimum Gasteiger partial charge on any atom is -0.508 e. The molecule has 150 valence electrons. The summed E-state index contributed by atoms with van der Waals surface area (Å²) in [5.74, 6) is 0.345. The second kappa shape index (κ2) is 6.62. The summed E-state index contributed by atoms with van der Waals surface area (Å²) in [6, 6.07) is 16.9. The third-order valence-corrected chi connectivity index (χ3v) is 5.35. The van der Waals surface area contributed by atoms with Crippen molar-refractivity contribution in [3.8, 4) is 23.0 Å². The fourth-order valence-electron chi connectivity index (χ4n) is 4.10. The Morgan fingerprint density at radius 3 is 2.53 bits per heavy atom. The molecule has 1 atom stereocenters. The van der Waals surface area contributed by atoms with Gasteiger partial charge in [0.2, 0.25) is 0 Å². The molecule has 5 rings (SSSR count). The quantitative estimate of drug-likeness (QED) is 0.507. The predicted molar refractivity (Wildman–Crippen MR) is 107 cm³/mol. The van der Waals surface area contributed by atoms with E-state index < -0.39 is 11.6 Å². The average Bonchev–Trinajstić information content (AvgIpc) is 3.01. The molecule has 3 aromatic rings. The first-order chi connectivity index (χ1) is 14.5. The number of benzene rings is 3. The van der Waals surface area contributed by atoms with Crippen molar-refractivity contribution in [2.75, 3.05) is 0 Å². The van der Waals surface area contributed by atoms with Crippen molar-refractivity contribution in [3.63, 3.8) is 0 Å². The van der Waals surface area contributed by atoms with E-state index in [-0.39, 0.29) is 11.7 Å². The largest absolute Gasteiger partial charge is 0.508 e. The summed E-state index contributed by atoms with van der Waals surface area (Å²) < 4.78 is 17.4. The number of aromatic hydroxyl groups is 1. The zero-order valence-electron chi connectivity index (χ0n) is 16.2. The molecule has 3 aromatic carbocycles. The maximum Gasteiger partial charge on any atom is 0.340 e. The van der Waals surface area contributed by atoms with Crippen LogP contribution in [0, 0.1) is 0 Å². The zero-order chi connectivity index (χ0) is 20.9. The van der Waals surface area contributed by atoms with Gasteiger partial charge in [0.1, 0.15) is 23.0 Å². The van der Waals surface area contributed by atoms with Crippen LogP contribution >= 0.6 is 0 Å². The van der Waals surface area contributed by atoms with Gasteiger partial charge in [0, 0.05) is 35.2 Å². The molecule has 0 saturated heterocycles. The molecule has 1 unspecified atom stereocenters. The maximum atomic E-state index is 12.7. The van der Waals surface area contributed by atoms with E-state index in [0.29, 0.717) is 52.3 Å². The summed E-state index contributed by atoms with van der Waals surface area (Å²) in [6.45, 7) is 1.90. The Bertz CT molecular complexity index is 1200. The molecule has 6 nitrogen and oxygen atoms in total. The molecule has 0 bridgehead atoms. The number of esters is 2. The third-order valence-electron chi connectivity index (χ3n) is 5.35. The standard InChI is InChI=1S/C24H18O6/c1-2-5-22(26)28-15-9-11-19-21(13-15)29-20-12-14(25)8-10-18(20)24(19)17-7-4-3-6-16(17)23(27)30-24/h3-4,6-13,25H,2,5H2,1H3. The van der Waals surface area contributed by atoms with Crippen LogP contribution in [0.1, 0.15) is 46.8 Å². The van der Waals surface area contributed by atoms with Crippen LogP contribution in [0.15, 0.2) is 60.7 Å². The zero-order valence-corrected chi connectivity index (χ0v) is 16.2. The highest BCUT2D eigenvalue weighted by atomic mass is 16.6. The van der Waals surface area contributed by atoms with Crippen molar-refractivity contribution >= 4 is 11.9 Å². The molecular weight excluding hydrogens is 384 g/mol. The number of fused-ring (bicyclic) bond motifs is 6. The highest BCUT2D eigenvalue weighted by molar-refractivity contribution is 5.97. The van der Waals surface area contributed by atoms with Gasteiger partial charge in [-0.2, -0.15) is 0 Å². The van der Waals surface area contributed by atoms with Crippen LogP contribution < -0.4 is 9.47 Å².